The zero-order chi connectivity index (χ0) is 21.2. The molecular formula is C23H40N4O2. The lowest BCUT2D eigenvalue weighted by Crippen LogP contribution is -2.32. The van der Waals surface area contributed by atoms with Gasteiger partial charge in [0.15, 0.2) is 0 Å². The van der Waals surface area contributed by atoms with Crippen molar-refractivity contribution in [3.63, 3.8) is 0 Å². The van der Waals surface area contributed by atoms with Gasteiger partial charge in [-0.3, -0.25) is 0 Å². The van der Waals surface area contributed by atoms with Crippen LogP contribution < -0.4 is 5.73 Å². The molecule has 29 heavy (non-hydrogen) atoms. The fraction of sp³-hybridized carbons (Fsp3) is 0.696. The van der Waals surface area contributed by atoms with Crippen LogP contribution in [0.1, 0.15) is 71.5 Å². The highest BCUT2D eigenvalue weighted by atomic mass is 16.5. The number of rotatable bonds is 17. The third-order valence-corrected chi connectivity index (χ3v) is 4.80. The highest BCUT2D eigenvalue weighted by molar-refractivity contribution is 4.88. The summed E-state index contributed by atoms with van der Waals surface area (Å²) in [4.78, 5) is 12.4. The second-order valence-corrected chi connectivity index (χ2v) is 7.39. The topological polar surface area (TPSA) is 83.2 Å². The molecule has 0 aliphatic heterocycles. The average molecular weight is 405 g/mol. The normalized spacial score (nSPS) is 15.2. The van der Waals surface area contributed by atoms with E-state index in [2.05, 4.69) is 21.9 Å². The van der Waals surface area contributed by atoms with Crippen LogP contribution in [0.4, 0.5) is 0 Å². The zero-order valence-electron chi connectivity index (χ0n) is 18.5. The van der Waals surface area contributed by atoms with Crippen LogP contribution in [0.25, 0.3) is 0 Å². The maximum absolute atomic E-state index is 6.43. The third kappa shape index (κ3) is 13.3. The van der Waals surface area contributed by atoms with Crippen molar-refractivity contribution in [1.29, 1.82) is 0 Å². The monoisotopic (exact) mass is 404 g/mol. The largest absolute Gasteiger partial charge is 0.374 e. The summed E-state index contributed by atoms with van der Waals surface area (Å²) in [6.07, 6.45) is 19.3. The van der Waals surface area contributed by atoms with E-state index in [4.69, 9.17) is 15.2 Å². The average Bonchev–Trinajstić information content (AvgIpc) is 2.72. The van der Waals surface area contributed by atoms with Crippen molar-refractivity contribution in [2.45, 2.75) is 90.4 Å². The van der Waals surface area contributed by atoms with Crippen LogP contribution in [0, 0.1) is 0 Å². The lowest BCUT2D eigenvalue weighted by molar-refractivity contribution is -0.00737. The van der Waals surface area contributed by atoms with Gasteiger partial charge in [-0.2, -0.15) is 0 Å². The van der Waals surface area contributed by atoms with Gasteiger partial charge in [-0.25, -0.2) is 15.0 Å². The van der Waals surface area contributed by atoms with Crippen LogP contribution in [0.2, 0.25) is 0 Å². The molecule has 2 N–H and O–H groups in total. The summed E-state index contributed by atoms with van der Waals surface area (Å²) in [5, 5.41) is 0. The van der Waals surface area contributed by atoms with Crippen LogP contribution in [0.15, 0.2) is 37.0 Å². The molecule has 0 fully saturated rings. The number of nitrogens with two attached hydrogens (primary N) is 1. The second-order valence-electron chi connectivity index (χ2n) is 7.39. The van der Waals surface area contributed by atoms with Crippen molar-refractivity contribution < 1.29 is 9.47 Å². The van der Waals surface area contributed by atoms with Crippen molar-refractivity contribution >= 4 is 0 Å². The van der Waals surface area contributed by atoms with Crippen LogP contribution in [0.5, 0.6) is 0 Å². The maximum Gasteiger partial charge on any atom is 0.134 e. The Balaban J connectivity index is 2.68. The molecule has 0 amide bonds. The second kappa shape index (κ2) is 17.2. The molecule has 164 valence electrons. The molecule has 1 aromatic rings. The third-order valence-electron chi connectivity index (χ3n) is 4.80. The van der Waals surface area contributed by atoms with Crippen molar-refractivity contribution in [3.05, 3.63) is 42.8 Å². The molecule has 0 aliphatic rings. The molecule has 0 saturated carbocycles. The predicted molar refractivity (Wildman–Crippen MR) is 119 cm³/mol. The molecule has 0 radical (unpaired) electrons. The number of hydrogen-bond donors (Lipinski definition) is 1. The molecule has 1 rings (SSSR count). The van der Waals surface area contributed by atoms with E-state index in [9.17, 15) is 0 Å². The van der Waals surface area contributed by atoms with Crippen LogP contribution in [-0.2, 0) is 15.9 Å². The molecule has 3 unspecified atom stereocenters. The Morgan fingerprint density at radius 2 is 1.59 bits per heavy atom. The number of nitrogens with zero attached hydrogens (tertiary/aromatic N) is 3. The Hall–Kier alpha value is -1.63. The van der Waals surface area contributed by atoms with Gasteiger partial charge in [-0.15, -0.1) is 0 Å². The van der Waals surface area contributed by atoms with Crippen molar-refractivity contribution in [2.24, 2.45) is 5.73 Å². The SMILES string of the molecule is CC=CCOC(Cc1ncncn1)CC(CC(N)CCCCCC)OCC=CC. The van der Waals surface area contributed by atoms with E-state index in [1.54, 1.807) is 0 Å². The van der Waals surface area contributed by atoms with Crippen LogP contribution in [-0.4, -0.2) is 46.4 Å². The van der Waals surface area contributed by atoms with Gasteiger partial charge < -0.3 is 15.2 Å². The fourth-order valence-corrected chi connectivity index (χ4v) is 3.17. The summed E-state index contributed by atoms with van der Waals surface area (Å²) in [5.41, 5.74) is 6.43. The molecule has 3 atom stereocenters. The van der Waals surface area contributed by atoms with Crippen molar-refractivity contribution in [3.8, 4) is 0 Å². The molecule has 0 saturated heterocycles. The Morgan fingerprint density at radius 1 is 0.931 bits per heavy atom. The molecule has 6 heteroatoms. The minimum absolute atomic E-state index is 0.0310. The molecule has 6 nitrogen and oxygen atoms in total. The minimum Gasteiger partial charge on any atom is -0.374 e. The Labute approximate surface area is 177 Å². The number of hydrogen-bond acceptors (Lipinski definition) is 6. The zero-order valence-corrected chi connectivity index (χ0v) is 18.5. The molecular weight excluding hydrogens is 364 g/mol. The van der Waals surface area contributed by atoms with Gasteiger partial charge in [0.25, 0.3) is 0 Å². The number of allylic oxidation sites excluding steroid dienone is 2. The summed E-state index contributed by atoms with van der Waals surface area (Å²) >= 11 is 0. The molecule has 0 aliphatic carbocycles. The standard InChI is InChI=1S/C23H40N4O2/c1-4-7-10-11-12-20(24)15-21(28-13-8-5-2)16-22(29-14-9-6-3)17-23-26-18-25-19-27-23/h5-6,8-9,18-22H,4,7,10-17,24H2,1-3H3. The van der Waals surface area contributed by atoms with Crippen molar-refractivity contribution in [2.75, 3.05) is 13.2 Å². The molecule has 0 bridgehead atoms. The Kier molecular flexibility index (Phi) is 15.1. The van der Waals surface area contributed by atoms with E-state index in [0.717, 1.165) is 25.1 Å². The van der Waals surface area contributed by atoms with Gasteiger partial charge in [0.2, 0.25) is 0 Å². The van der Waals surface area contributed by atoms with Gasteiger partial charge >= 0.3 is 0 Å². The summed E-state index contributed by atoms with van der Waals surface area (Å²) in [5.74, 6) is 0.738. The smallest absolute Gasteiger partial charge is 0.134 e. The molecule has 1 heterocycles. The summed E-state index contributed by atoms with van der Waals surface area (Å²) < 4.78 is 12.2. The van der Waals surface area contributed by atoms with E-state index in [1.165, 1.54) is 38.3 Å². The maximum atomic E-state index is 6.43. The molecule has 1 aromatic heterocycles. The van der Waals surface area contributed by atoms with E-state index < -0.39 is 0 Å². The Bertz CT molecular complexity index is 551. The summed E-state index contributed by atoms with van der Waals surface area (Å²) in [6.45, 7) is 7.38. The minimum atomic E-state index is -0.0310. The van der Waals surface area contributed by atoms with Gasteiger partial charge in [0, 0.05) is 18.9 Å². The molecule has 0 aromatic carbocycles. The van der Waals surface area contributed by atoms with Crippen LogP contribution >= 0.6 is 0 Å². The van der Waals surface area contributed by atoms with E-state index in [0.29, 0.717) is 19.6 Å². The van der Waals surface area contributed by atoms with E-state index in [1.807, 2.05) is 38.2 Å². The quantitative estimate of drug-likeness (QED) is 0.306. The first-order valence-electron chi connectivity index (χ1n) is 11.0. The fourth-order valence-electron chi connectivity index (χ4n) is 3.17. The van der Waals surface area contributed by atoms with Crippen LogP contribution in [0.3, 0.4) is 0 Å². The highest BCUT2D eigenvalue weighted by Gasteiger charge is 2.21. The summed E-state index contributed by atoms with van der Waals surface area (Å²) in [7, 11) is 0. The van der Waals surface area contributed by atoms with Gasteiger partial charge in [-0.1, -0.05) is 56.9 Å². The van der Waals surface area contributed by atoms with Gasteiger partial charge in [0.1, 0.15) is 18.5 Å². The van der Waals surface area contributed by atoms with E-state index >= 15 is 0 Å². The summed E-state index contributed by atoms with van der Waals surface area (Å²) in [6, 6.07) is 0.149. The van der Waals surface area contributed by atoms with Gasteiger partial charge in [0.05, 0.1) is 25.4 Å². The molecule has 0 spiro atoms. The lowest BCUT2D eigenvalue weighted by atomic mass is 9.98. The van der Waals surface area contributed by atoms with E-state index in [-0.39, 0.29) is 18.2 Å². The lowest BCUT2D eigenvalue weighted by Gasteiger charge is -2.25. The number of aromatic nitrogens is 3. The highest BCUT2D eigenvalue weighted by Crippen LogP contribution is 2.17. The Morgan fingerprint density at radius 3 is 2.21 bits per heavy atom. The first kappa shape index (κ1) is 25.4. The first-order chi connectivity index (χ1) is 14.2. The van der Waals surface area contributed by atoms with Crippen molar-refractivity contribution in [1.82, 2.24) is 15.0 Å². The first-order valence-corrected chi connectivity index (χ1v) is 11.0. The number of unbranched alkanes of at least 4 members (excludes halogenated alkanes) is 3. The number of ether oxygens (including phenoxy) is 2. The van der Waals surface area contributed by atoms with Gasteiger partial charge in [-0.05, 0) is 26.7 Å². The predicted octanol–water partition coefficient (Wildman–Crippen LogP) is 4.41.